The van der Waals surface area contributed by atoms with Crippen LogP contribution in [-0.4, -0.2) is 29.1 Å². The van der Waals surface area contributed by atoms with Crippen LogP contribution < -0.4 is 0 Å². The van der Waals surface area contributed by atoms with Gasteiger partial charge in [0.1, 0.15) is 6.61 Å². The van der Waals surface area contributed by atoms with Crippen LogP contribution in [0.3, 0.4) is 0 Å². The highest BCUT2D eigenvalue weighted by Gasteiger charge is 2.61. The monoisotopic (exact) mass is 318 g/mol. The molecule has 5 atom stereocenters. The minimum atomic E-state index is -1.08. The van der Waals surface area contributed by atoms with Crippen LogP contribution >= 0.6 is 0 Å². The quantitative estimate of drug-likeness (QED) is 0.596. The summed E-state index contributed by atoms with van der Waals surface area (Å²) in [7, 11) is 0. The summed E-state index contributed by atoms with van der Waals surface area (Å²) in [6.07, 6.45) is 6.80. The van der Waals surface area contributed by atoms with E-state index in [9.17, 15) is 9.90 Å². The van der Waals surface area contributed by atoms with E-state index < -0.39 is 11.4 Å². The average molecular weight is 318 g/mol. The normalized spacial score (nSPS) is 49.1. The largest absolute Gasteiger partial charge is 0.458 e. The van der Waals surface area contributed by atoms with Gasteiger partial charge in [-0.15, -0.1) is 6.58 Å². The second-order valence-electron chi connectivity index (χ2n) is 8.23. The van der Waals surface area contributed by atoms with E-state index in [2.05, 4.69) is 13.5 Å². The predicted octanol–water partition coefficient (Wildman–Crippen LogP) is 3.11. The molecule has 4 nitrogen and oxygen atoms in total. The molecule has 2 aliphatic heterocycles. The van der Waals surface area contributed by atoms with E-state index >= 15 is 0 Å². The van der Waals surface area contributed by atoms with E-state index in [1.165, 1.54) is 5.57 Å². The van der Waals surface area contributed by atoms with E-state index in [0.29, 0.717) is 18.9 Å². The molecule has 2 aliphatic carbocycles. The highest BCUT2D eigenvalue weighted by molar-refractivity contribution is 5.92. The Kier molecular flexibility index (Phi) is 3.15. The van der Waals surface area contributed by atoms with Crippen molar-refractivity contribution >= 4 is 5.97 Å². The number of ether oxygens (including phenoxy) is 2. The molecule has 126 valence electrons. The van der Waals surface area contributed by atoms with Crippen LogP contribution in [0.15, 0.2) is 23.8 Å². The smallest absolute Gasteiger partial charge is 0.334 e. The molecule has 4 rings (SSSR count). The fourth-order valence-corrected chi connectivity index (χ4v) is 5.66. The summed E-state index contributed by atoms with van der Waals surface area (Å²) in [6, 6.07) is 0. The first-order valence-electron chi connectivity index (χ1n) is 8.76. The summed E-state index contributed by atoms with van der Waals surface area (Å²) in [5.41, 5.74) is 1.64. The van der Waals surface area contributed by atoms with Gasteiger partial charge in [0.15, 0.2) is 5.79 Å². The van der Waals surface area contributed by atoms with E-state index in [-0.39, 0.29) is 17.3 Å². The Morgan fingerprint density at radius 2 is 2.04 bits per heavy atom. The third-order valence-electron chi connectivity index (χ3n) is 7.03. The van der Waals surface area contributed by atoms with Gasteiger partial charge in [-0.25, -0.2) is 4.79 Å². The number of aliphatic hydroxyl groups is 1. The molecule has 1 saturated carbocycles. The van der Waals surface area contributed by atoms with Crippen LogP contribution in [0.25, 0.3) is 0 Å². The lowest BCUT2D eigenvalue weighted by Gasteiger charge is -2.60. The second kappa shape index (κ2) is 4.70. The summed E-state index contributed by atoms with van der Waals surface area (Å²) in [4.78, 5) is 11.9. The van der Waals surface area contributed by atoms with Gasteiger partial charge in [0.2, 0.25) is 0 Å². The van der Waals surface area contributed by atoms with Gasteiger partial charge in [-0.05, 0) is 55.9 Å². The lowest BCUT2D eigenvalue weighted by molar-refractivity contribution is -0.339. The van der Waals surface area contributed by atoms with Crippen LogP contribution in [0.2, 0.25) is 0 Å². The van der Waals surface area contributed by atoms with Crippen molar-refractivity contribution in [3.05, 3.63) is 23.8 Å². The number of hydrogen-bond donors (Lipinski definition) is 1. The SMILES string of the molecule is C=C[C@@]1(C)CC[C@H]2[C@@](O)(CCC3C4=C(CC[C@@]32C)C(=O)OC4)O1. The van der Waals surface area contributed by atoms with E-state index in [1.54, 1.807) is 0 Å². The van der Waals surface area contributed by atoms with Gasteiger partial charge in [0.25, 0.3) is 0 Å². The number of rotatable bonds is 1. The van der Waals surface area contributed by atoms with E-state index in [4.69, 9.17) is 9.47 Å². The number of hydrogen-bond acceptors (Lipinski definition) is 4. The zero-order valence-corrected chi connectivity index (χ0v) is 14.1. The molecule has 2 fully saturated rings. The molecule has 0 spiro atoms. The van der Waals surface area contributed by atoms with Crippen LogP contribution in [0.5, 0.6) is 0 Å². The predicted molar refractivity (Wildman–Crippen MR) is 85.4 cm³/mol. The molecular formula is C19H26O4. The van der Waals surface area contributed by atoms with Gasteiger partial charge in [0.05, 0.1) is 5.60 Å². The molecule has 0 radical (unpaired) electrons. The van der Waals surface area contributed by atoms with Gasteiger partial charge < -0.3 is 14.6 Å². The standard InChI is InChI=1S/C19H26O4/c1-4-17(2)8-7-15-18(3)9-5-12-13(11-22-16(12)20)14(18)6-10-19(15,21)23-17/h4,14-15,21H,1,5-11H2,2-3H3/t14?,15-,17+,18+,19-/m1/s1. The summed E-state index contributed by atoms with van der Waals surface area (Å²) >= 11 is 0. The number of cyclic esters (lactones) is 1. The van der Waals surface area contributed by atoms with Crippen molar-refractivity contribution < 1.29 is 19.4 Å². The van der Waals surface area contributed by atoms with Crippen molar-refractivity contribution in [3.8, 4) is 0 Å². The Balaban J connectivity index is 1.70. The third kappa shape index (κ3) is 2.01. The van der Waals surface area contributed by atoms with Crippen LogP contribution in [0, 0.1) is 17.3 Å². The van der Waals surface area contributed by atoms with E-state index in [0.717, 1.165) is 37.7 Å². The molecule has 0 bridgehead atoms. The lowest BCUT2D eigenvalue weighted by atomic mass is 9.51. The van der Waals surface area contributed by atoms with Crippen molar-refractivity contribution in [2.24, 2.45) is 17.3 Å². The summed E-state index contributed by atoms with van der Waals surface area (Å²) in [6.45, 7) is 8.61. The molecule has 0 amide bonds. The number of carbonyl (C=O) groups is 1. The molecule has 0 aromatic heterocycles. The number of esters is 1. The van der Waals surface area contributed by atoms with Crippen LogP contribution in [0.4, 0.5) is 0 Å². The van der Waals surface area contributed by atoms with Crippen LogP contribution in [-0.2, 0) is 14.3 Å². The van der Waals surface area contributed by atoms with Crippen molar-refractivity contribution in [2.75, 3.05) is 6.61 Å². The third-order valence-corrected chi connectivity index (χ3v) is 7.03. The van der Waals surface area contributed by atoms with Crippen molar-refractivity contribution in [1.82, 2.24) is 0 Å². The van der Waals surface area contributed by atoms with Gasteiger partial charge >= 0.3 is 5.97 Å². The zero-order valence-electron chi connectivity index (χ0n) is 14.1. The topological polar surface area (TPSA) is 55.8 Å². The Hall–Kier alpha value is -1.13. The number of fused-ring (bicyclic) bond motifs is 4. The van der Waals surface area contributed by atoms with Crippen molar-refractivity contribution in [3.63, 3.8) is 0 Å². The molecule has 23 heavy (non-hydrogen) atoms. The first kappa shape index (κ1) is 15.4. The fraction of sp³-hybridized carbons (Fsp3) is 0.737. The molecule has 1 N–H and O–H groups in total. The minimum absolute atomic E-state index is 0.0255. The number of carbonyl (C=O) groups excluding carboxylic acids is 1. The molecule has 2 heterocycles. The average Bonchev–Trinajstić information content (AvgIpc) is 2.87. The first-order chi connectivity index (χ1) is 10.8. The molecular weight excluding hydrogens is 292 g/mol. The van der Waals surface area contributed by atoms with Crippen LogP contribution in [0.1, 0.15) is 52.4 Å². The van der Waals surface area contributed by atoms with E-state index in [1.807, 2.05) is 13.0 Å². The molecule has 0 aromatic rings. The van der Waals surface area contributed by atoms with Gasteiger partial charge in [0, 0.05) is 17.9 Å². The van der Waals surface area contributed by atoms with Gasteiger partial charge in [-0.1, -0.05) is 13.0 Å². The maximum atomic E-state index is 11.9. The summed E-state index contributed by atoms with van der Waals surface area (Å²) in [5.74, 6) is -0.762. The maximum Gasteiger partial charge on any atom is 0.334 e. The summed E-state index contributed by atoms with van der Waals surface area (Å²) in [5, 5.41) is 11.3. The molecule has 4 heteroatoms. The minimum Gasteiger partial charge on any atom is -0.458 e. The Morgan fingerprint density at radius 3 is 2.78 bits per heavy atom. The molecule has 4 aliphatic rings. The summed E-state index contributed by atoms with van der Waals surface area (Å²) < 4.78 is 11.5. The molecule has 1 saturated heterocycles. The zero-order chi connectivity index (χ0) is 16.5. The Labute approximate surface area is 137 Å². The highest BCUT2D eigenvalue weighted by Crippen LogP contribution is 2.62. The van der Waals surface area contributed by atoms with Gasteiger partial charge in [-0.2, -0.15) is 0 Å². The van der Waals surface area contributed by atoms with Crippen molar-refractivity contribution in [1.29, 1.82) is 0 Å². The first-order valence-corrected chi connectivity index (χ1v) is 8.76. The highest BCUT2D eigenvalue weighted by atomic mass is 16.6. The molecule has 1 unspecified atom stereocenters. The molecule has 0 aromatic carbocycles. The Morgan fingerprint density at radius 1 is 1.26 bits per heavy atom. The second-order valence-corrected chi connectivity index (χ2v) is 8.23. The maximum absolute atomic E-state index is 11.9. The van der Waals surface area contributed by atoms with Crippen molar-refractivity contribution in [2.45, 2.75) is 63.8 Å². The Bertz CT molecular complexity index is 608. The van der Waals surface area contributed by atoms with Gasteiger partial charge in [-0.3, -0.25) is 0 Å². The lowest BCUT2D eigenvalue weighted by Crippen LogP contribution is -2.61. The fourth-order valence-electron chi connectivity index (χ4n) is 5.66.